The number of anilines is 7. The zero-order chi connectivity index (χ0) is 64.5. The highest BCUT2D eigenvalue weighted by atomic mass is 79.9. The molecule has 0 spiro atoms. The van der Waals surface area contributed by atoms with Crippen molar-refractivity contribution < 1.29 is 36.7 Å². The van der Waals surface area contributed by atoms with Gasteiger partial charge in [-0.1, -0.05) is 44.0 Å². The summed E-state index contributed by atoms with van der Waals surface area (Å²) in [5, 5.41) is 3.34. The molecule has 7 heterocycles. The zero-order valence-corrected chi connectivity index (χ0v) is 50.2. The molecule has 0 aliphatic carbocycles. The van der Waals surface area contributed by atoms with Gasteiger partial charge in [0, 0.05) is 20.3 Å². The lowest BCUT2D eigenvalue weighted by Crippen LogP contribution is -2.26. The fourth-order valence-corrected chi connectivity index (χ4v) is 8.87. The number of nitrogens with zero attached hydrogens (tertiary/aromatic N) is 8. The van der Waals surface area contributed by atoms with E-state index in [4.69, 9.17) is 51.9 Å². The van der Waals surface area contributed by atoms with E-state index in [0.717, 1.165) is 47.2 Å². The van der Waals surface area contributed by atoms with Crippen LogP contribution in [-0.4, -0.2) is 80.9 Å². The van der Waals surface area contributed by atoms with Crippen molar-refractivity contribution >= 4 is 162 Å². The molecule has 454 valence electrons. The monoisotopic (exact) mass is 1380 g/mol. The topological polar surface area (TPSA) is 406 Å². The second kappa shape index (κ2) is 27.7. The average Bonchev–Trinajstić information content (AvgIpc) is 1.63. The molecule has 0 bridgehead atoms. The van der Waals surface area contributed by atoms with Crippen molar-refractivity contribution in [1.82, 2.24) is 58.6 Å². The van der Waals surface area contributed by atoms with Crippen LogP contribution in [0.15, 0.2) is 147 Å². The van der Waals surface area contributed by atoms with Gasteiger partial charge >= 0.3 is 0 Å². The molecule has 25 nitrogen and oxygen atoms in total. The van der Waals surface area contributed by atoms with Crippen molar-refractivity contribution in [2.24, 2.45) is 0 Å². The van der Waals surface area contributed by atoms with E-state index in [0.29, 0.717) is 56.4 Å². The lowest BCUT2D eigenvalue weighted by atomic mass is 10.2. The Labute approximate surface area is 522 Å². The summed E-state index contributed by atoms with van der Waals surface area (Å²) in [6.45, 7) is 3.84. The molecule has 6 aromatic carbocycles. The van der Waals surface area contributed by atoms with Crippen LogP contribution in [0, 0.1) is 37.1 Å². The van der Waals surface area contributed by atoms with Crippen LogP contribution < -0.4 is 50.4 Å². The quantitative estimate of drug-likeness (QED) is 0.0419. The van der Waals surface area contributed by atoms with Gasteiger partial charge in [-0.2, -0.15) is 0 Å². The number of nitrogen functional groups attached to an aromatic ring is 5. The number of aromatic amines is 4. The number of aromatic nitrogens is 12. The molecular formula is C56H43Br2Cl2F4N19O6. The maximum Gasteiger partial charge on any atom is 0.283 e. The summed E-state index contributed by atoms with van der Waals surface area (Å²) >= 11 is 17.3. The summed E-state index contributed by atoms with van der Waals surface area (Å²) in [4.78, 5) is 106. The Hall–Kier alpha value is -10.8. The molecule has 89 heavy (non-hydrogen) atoms. The predicted octanol–water partition coefficient (Wildman–Crippen LogP) is 9.80. The molecule has 0 atom stereocenters. The van der Waals surface area contributed by atoms with Gasteiger partial charge in [0.25, 0.3) is 33.4 Å². The molecular weight excluding hydrogens is 1340 g/mol. The Morgan fingerprint density at radius 1 is 0.506 bits per heavy atom. The van der Waals surface area contributed by atoms with E-state index in [-0.39, 0.29) is 62.9 Å². The second-order valence-corrected chi connectivity index (χ2v) is 20.9. The van der Waals surface area contributed by atoms with E-state index in [2.05, 4.69) is 92.3 Å². The molecule has 0 radical (unpaired) electrons. The van der Waals surface area contributed by atoms with E-state index in [1.165, 1.54) is 67.0 Å². The van der Waals surface area contributed by atoms with Gasteiger partial charge in [0.05, 0.1) is 50.8 Å². The van der Waals surface area contributed by atoms with Crippen molar-refractivity contribution in [2.75, 3.05) is 39.3 Å². The number of aryl methyl sites for hydroxylation is 2. The maximum absolute atomic E-state index is 13.3. The van der Waals surface area contributed by atoms with Crippen LogP contribution in [0.5, 0.6) is 0 Å². The van der Waals surface area contributed by atoms with Crippen LogP contribution in [-0.2, 0) is 0 Å². The summed E-state index contributed by atoms with van der Waals surface area (Å²) < 4.78 is 54.1. The van der Waals surface area contributed by atoms with Gasteiger partial charge in [0.1, 0.15) is 52.7 Å². The second-order valence-electron chi connectivity index (χ2n) is 18.4. The zero-order valence-electron chi connectivity index (χ0n) is 45.6. The molecule has 16 N–H and O–H groups in total. The summed E-state index contributed by atoms with van der Waals surface area (Å²) in [6, 6.07) is 27.8. The van der Waals surface area contributed by atoms with Gasteiger partial charge in [-0.3, -0.25) is 42.9 Å². The number of fused-ring (bicyclic) bond motifs is 5. The number of nitrogens with one attached hydrogen (secondary N) is 6. The number of halogens is 8. The molecule has 0 saturated heterocycles. The minimum atomic E-state index is -0.975. The van der Waals surface area contributed by atoms with Gasteiger partial charge in [-0.15, -0.1) is 0 Å². The van der Waals surface area contributed by atoms with Gasteiger partial charge in [-0.05, 0) is 145 Å². The minimum absolute atomic E-state index is 0.0261. The number of hydrogen-bond donors (Lipinski definition) is 11. The van der Waals surface area contributed by atoms with Gasteiger partial charge in [0.2, 0.25) is 5.95 Å². The number of H-pyrrole nitrogens is 4. The number of benzene rings is 6. The van der Waals surface area contributed by atoms with Gasteiger partial charge in [-0.25, -0.2) is 47.5 Å². The third-order valence-electron chi connectivity index (χ3n) is 12.2. The van der Waals surface area contributed by atoms with E-state index >= 15 is 0 Å². The van der Waals surface area contributed by atoms with Crippen LogP contribution in [0.4, 0.5) is 58.2 Å². The largest absolute Gasteiger partial charge is 0.398 e. The highest BCUT2D eigenvalue weighted by Crippen LogP contribution is 2.23. The Balaban J connectivity index is 0.000000148. The third kappa shape index (κ3) is 15.6. The smallest absolute Gasteiger partial charge is 0.283 e. The van der Waals surface area contributed by atoms with Crippen molar-refractivity contribution in [1.29, 1.82) is 0 Å². The summed E-state index contributed by atoms with van der Waals surface area (Å²) in [6.07, 6.45) is 3.21. The lowest BCUT2D eigenvalue weighted by molar-refractivity contribution is 0.0985. The van der Waals surface area contributed by atoms with Crippen LogP contribution in [0.1, 0.15) is 53.1 Å². The van der Waals surface area contributed by atoms with E-state index < -0.39 is 39.2 Å². The first-order valence-corrected chi connectivity index (χ1v) is 27.4. The number of rotatable bonds is 6. The Morgan fingerprint density at radius 2 is 0.966 bits per heavy atom. The first kappa shape index (κ1) is 64.2. The Bertz CT molecular complexity index is 4750. The SMILES string of the molecule is Cc1ccc(Br)cc1N.Cc1ccc(Br)cc1NC(=O)c1nc[nH]c1C(=O)Nc1nc2ccc(F)cc2[nH]1.Nc1ccc(F)cc1N.Nc1nc2ccc(F)cc2[nH]1.Nc1nc2ccc(F)cc2[nH]1.O=C(Cl)c1ncn2c(=O)c3c(C(=O)Cl)ncn3c(=O)c12. The molecule has 0 unspecified atom stereocenters. The predicted molar refractivity (Wildman–Crippen MR) is 337 cm³/mol. The number of carbonyl (C=O) groups is 4. The van der Waals surface area contributed by atoms with Crippen molar-refractivity contribution in [3.05, 3.63) is 215 Å². The molecule has 33 heteroatoms. The van der Waals surface area contributed by atoms with Crippen LogP contribution in [0.25, 0.3) is 44.1 Å². The van der Waals surface area contributed by atoms with Crippen molar-refractivity contribution in [2.45, 2.75) is 13.8 Å². The number of carbonyl (C=O) groups excluding carboxylic acids is 4. The first-order valence-electron chi connectivity index (χ1n) is 25.1. The molecule has 13 aromatic rings. The molecule has 7 aromatic heterocycles. The van der Waals surface area contributed by atoms with Gasteiger partial charge < -0.3 is 53.9 Å². The maximum atomic E-state index is 13.3. The number of nitrogens with two attached hydrogens (primary N) is 5. The van der Waals surface area contributed by atoms with E-state index in [1.54, 1.807) is 18.2 Å². The van der Waals surface area contributed by atoms with Crippen LogP contribution in [0.3, 0.4) is 0 Å². The summed E-state index contributed by atoms with van der Waals surface area (Å²) in [5.41, 5.74) is 31.7. The Morgan fingerprint density at radius 3 is 1.44 bits per heavy atom. The van der Waals surface area contributed by atoms with E-state index in [9.17, 15) is 46.3 Å². The molecule has 2 amide bonds. The van der Waals surface area contributed by atoms with E-state index in [1.807, 2.05) is 44.2 Å². The fraction of sp³-hybridized carbons (Fsp3) is 0.0357. The third-order valence-corrected chi connectivity index (χ3v) is 13.5. The normalized spacial score (nSPS) is 10.6. The molecule has 0 saturated carbocycles. The molecule has 0 fully saturated rings. The fourth-order valence-electron chi connectivity index (χ4n) is 7.85. The lowest BCUT2D eigenvalue weighted by Gasteiger charge is -2.08. The summed E-state index contributed by atoms with van der Waals surface area (Å²) in [5.74, 6) is -1.77. The van der Waals surface area contributed by atoms with Crippen LogP contribution >= 0.6 is 55.1 Å². The van der Waals surface area contributed by atoms with Crippen molar-refractivity contribution in [3.63, 3.8) is 0 Å². The molecule has 0 aliphatic rings. The number of hydrogen-bond acceptors (Lipinski definition) is 17. The van der Waals surface area contributed by atoms with Gasteiger partial charge in [0.15, 0.2) is 29.0 Å². The minimum Gasteiger partial charge on any atom is -0.398 e. The van der Waals surface area contributed by atoms with Crippen LogP contribution in [0.2, 0.25) is 0 Å². The Kier molecular flexibility index (Phi) is 20.0. The standard InChI is InChI=1S/C19H14BrFN6O2.C10H2Cl2N4O4.C7H8BrN.2C7H6FN3.C6H7FN2/c1-9-2-3-10(20)6-13(9)24-17(28)15-16(23-8-22-15)18(29)27-19-25-12-5-4-11(21)7-14(12)26-19;11-7(17)3-5-10(20)16-2-14-4(8(12)18)6(16)9(19)15(5)1-13-3;1-5-2-3-6(8)4-7(5)9;2*8-4-1-2-5-6(3-4)11-7(9)10-5;7-4-1-2-5(8)6(9)3-4/h2-8H,1H3,(H,22,23)(H,24,28)(H2,25,26,27,29);1-2H;2-4H,9H2,1H3;2*1-3H,(H3,9,10,11);1-3H,8-9H2. The van der Waals surface area contributed by atoms with Crippen molar-refractivity contribution in [3.8, 4) is 0 Å². The highest BCUT2D eigenvalue weighted by Gasteiger charge is 2.24. The first-order chi connectivity index (χ1) is 42.2. The molecule has 0 aliphatic heterocycles. The number of imidazole rings is 6. The number of amides is 2. The molecule has 13 rings (SSSR count). The highest BCUT2D eigenvalue weighted by molar-refractivity contribution is 9.10. The summed E-state index contributed by atoms with van der Waals surface area (Å²) in [7, 11) is 0. The average molecular weight is 1380 g/mol.